The van der Waals surface area contributed by atoms with Crippen LogP contribution in [0.3, 0.4) is 0 Å². The molecule has 19 heavy (non-hydrogen) atoms. The van der Waals surface area contributed by atoms with Gasteiger partial charge in [0.15, 0.2) is 5.82 Å². The highest BCUT2D eigenvalue weighted by Crippen LogP contribution is 2.25. The highest BCUT2D eigenvalue weighted by atomic mass is 32.2. The third-order valence-electron chi connectivity index (χ3n) is 2.30. The van der Waals surface area contributed by atoms with Gasteiger partial charge in [-0.1, -0.05) is 11.8 Å². The number of amides is 1. The Morgan fingerprint density at radius 2 is 2.00 bits per heavy atom. The number of thioether (sulfide) groups is 1. The molecule has 0 bridgehead atoms. The molecule has 1 amide bonds. The summed E-state index contributed by atoms with van der Waals surface area (Å²) in [5.41, 5.74) is 0.393. The van der Waals surface area contributed by atoms with E-state index in [1.807, 2.05) is 0 Å². The van der Waals surface area contributed by atoms with E-state index >= 15 is 0 Å². The van der Waals surface area contributed by atoms with E-state index in [4.69, 9.17) is 0 Å². The lowest BCUT2D eigenvalue weighted by molar-refractivity contribution is 0.102. The van der Waals surface area contributed by atoms with Crippen molar-refractivity contribution in [2.75, 3.05) is 5.32 Å². The number of rotatable bonds is 4. The number of hydrogen-bond donors (Lipinski definition) is 1. The Balaban J connectivity index is 2.03. The van der Waals surface area contributed by atoms with Gasteiger partial charge in [0.2, 0.25) is 0 Å². The number of aryl methyl sites for hydroxylation is 1. The minimum Gasteiger partial charge on any atom is -0.305 e. The Morgan fingerprint density at radius 1 is 1.32 bits per heavy atom. The number of carbonyl (C=O) groups excluding carboxylic acids is 1. The van der Waals surface area contributed by atoms with E-state index in [1.165, 1.54) is 24.3 Å². The SMILES string of the molecule is Cn1ccc(NC(=O)c2ccc(SC(F)F)cc2)n1. The predicted octanol–water partition coefficient (Wildman–Crippen LogP) is 2.99. The van der Waals surface area contributed by atoms with Crippen LogP contribution in [0.4, 0.5) is 14.6 Å². The molecule has 2 rings (SSSR count). The maximum absolute atomic E-state index is 12.1. The molecule has 0 radical (unpaired) electrons. The molecule has 1 aromatic carbocycles. The fourth-order valence-corrected chi connectivity index (χ4v) is 1.96. The van der Waals surface area contributed by atoms with Gasteiger partial charge in [-0.15, -0.1) is 0 Å². The van der Waals surface area contributed by atoms with Crippen LogP contribution in [0.2, 0.25) is 0 Å². The van der Waals surface area contributed by atoms with Crippen molar-refractivity contribution in [2.24, 2.45) is 7.05 Å². The van der Waals surface area contributed by atoms with Gasteiger partial charge in [-0.25, -0.2) is 0 Å². The molecule has 0 unspecified atom stereocenters. The zero-order valence-corrected chi connectivity index (χ0v) is 10.8. The van der Waals surface area contributed by atoms with Crippen LogP contribution in [0.25, 0.3) is 0 Å². The Kier molecular flexibility index (Phi) is 4.16. The molecule has 0 aliphatic carbocycles. The summed E-state index contributed by atoms with van der Waals surface area (Å²) in [6, 6.07) is 7.65. The summed E-state index contributed by atoms with van der Waals surface area (Å²) in [5.74, 6) is -2.35. The predicted molar refractivity (Wildman–Crippen MR) is 69.5 cm³/mol. The van der Waals surface area contributed by atoms with E-state index in [1.54, 1.807) is 24.0 Å². The van der Waals surface area contributed by atoms with Gasteiger partial charge in [-0.2, -0.15) is 13.9 Å². The number of anilines is 1. The van der Waals surface area contributed by atoms with Crippen LogP contribution in [-0.2, 0) is 7.05 Å². The van der Waals surface area contributed by atoms with Crippen molar-refractivity contribution in [3.05, 3.63) is 42.1 Å². The Morgan fingerprint density at radius 3 is 2.53 bits per heavy atom. The molecule has 0 spiro atoms. The average molecular weight is 283 g/mol. The van der Waals surface area contributed by atoms with Gasteiger partial charge in [0, 0.05) is 29.8 Å². The van der Waals surface area contributed by atoms with E-state index in [2.05, 4.69) is 10.4 Å². The minimum atomic E-state index is -2.46. The zero-order chi connectivity index (χ0) is 13.8. The minimum absolute atomic E-state index is 0.327. The number of nitrogens with one attached hydrogen (secondary N) is 1. The lowest BCUT2D eigenvalue weighted by atomic mass is 10.2. The molecular weight excluding hydrogens is 272 g/mol. The van der Waals surface area contributed by atoms with Gasteiger partial charge in [0.05, 0.1) is 0 Å². The van der Waals surface area contributed by atoms with E-state index in [0.717, 1.165) is 0 Å². The third-order valence-corrected chi connectivity index (χ3v) is 3.02. The fourth-order valence-electron chi connectivity index (χ4n) is 1.46. The summed E-state index contributed by atoms with van der Waals surface area (Å²) in [6.45, 7) is 0. The maximum Gasteiger partial charge on any atom is 0.288 e. The summed E-state index contributed by atoms with van der Waals surface area (Å²) < 4.78 is 25.9. The summed E-state index contributed by atoms with van der Waals surface area (Å²) in [7, 11) is 1.74. The molecule has 0 aliphatic heterocycles. The fraction of sp³-hybridized carbons (Fsp3) is 0.167. The lowest BCUT2D eigenvalue weighted by Crippen LogP contribution is -2.12. The molecular formula is C12H11F2N3OS. The number of aromatic nitrogens is 2. The van der Waals surface area contributed by atoms with Gasteiger partial charge < -0.3 is 5.32 Å². The van der Waals surface area contributed by atoms with Crippen LogP contribution < -0.4 is 5.32 Å². The largest absolute Gasteiger partial charge is 0.305 e. The second-order valence-electron chi connectivity index (χ2n) is 3.73. The average Bonchev–Trinajstić information content (AvgIpc) is 2.75. The Hall–Kier alpha value is -1.89. The molecule has 0 fully saturated rings. The normalized spacial score (nSPS) is 10.7. The van der Waals surface area contributed by atoms with Crippen molar-refractivity contribution in [2.45, 2.75) is 10.7 Å². The standard InChI is InChI=1S/C12H11F2N3OS/c1-17-7-6-10(16-17)15-11(18)8-2-4-9(5-3-8)19-12(13)14/h2-7,12H,1H3,(H,15,16,18). The first kappa shape index (κ1) is 13.5. The van der Waals surface area contributed by atoms with Crippen LogP contribution in [0.15, 0.2) is 41.4 Å². The quantitative estimate of drug-likeness (QED) is 0.877. The summed E-state index contributed by atoms with van der Waals surface area (Å²) in [6.07, 6.45) is 1.71. The van der Waals surface area contributed by atoms with Crippen molar-refractivity contribution < 1.29 is 13.6 Å². The monoisotopic (exact) mass is 283 g/mol. The topological polar surface area (TPSA) is 46.9 Å². The van der Waals surface area contributed by atoms with Crippen LogP contribution >= 0.6 is 11.8 Å². The maximum atomic E-state index is 12.1. The van der Waals surface area contributed by atoms with E-state index < -0.39 is 5.76 Å². The van der Waals surface area contributed by atoms with Gasteiger partial charge in [-0.3, -0.25) is 9.48 Å². The van der Waals surface area contributed by atoms with Gasteiger partial charge in [-0.05, 0) is 24.3 Å². The van der Waals surface area contributed by atoms with Gasteiger partial charge in [0.1, 0.15) is 0 Å². The molecule has 0 atom stereocenters. The summed E-state index contributed by atoms with van der Waals surface area (Å²) in [4.78, 5) is 12.3. The van der Waals surface area contributed by atoms with E-state index in [0.29, 0.717) is 28.0 Å². The van der Waals surface area contributed by atoms with E-state index in [9.17, 15) is 13.6 Å². The van der Waals surface area contributed by atoms with Crippen LogP contribution in [0.5, 0.6) is 0 Å². The van der Waals surface area contributed by atoms with Crippen molar-refractivity contribution in [1.82, 2.24) is 9.78 Å². The molecule has 1 aromatic heterocycles. The van der Waals surface area contributed by atoms with Crippen LogP contribution in [0, 0.1) is 0 Å². The second kappa shape index (κ2) is 5.83. The number of halogens is 2. The number of nitrogens with zero attached hydrogens (tertiary/aromatic N) is 2. The summed E-state index contributed by atoms with van der Waals surface area (Å²) in [5, 5.41) is 6.63. The lowest BCUT2D eigenvalue weighted by Gasteiger charge is -2.03. The van der Waals surface area contributed by atoms with Crippen molar-refractivity contribution in [3.63, 3.8) is 0 Å². The zero-order valence-electron chi connectivity index (χ0n) is 10.0. The molecule has 0 saturated carbocycles. The molecule has 100 valence electrons. The molecule has 2 aromatic rings. The number of benzene rings is 1. The number of alkyl halides is 2. The Labute approximate surface area is 112 Å². The number of hydrogen-bond acceptors (Lipinski definition) is 3. The first-order valence-electron chi connectivity index (χ1n) is 5.40. The third kappa shape index (κ3) is 3.78. The van der Waals surface area contributed by atoms with Crippen molar-refractivity contribution in [1.29, 1.82) is 0 Å². The second-order valence-corrected chi connectivity index (χ2v) is 4.80. The van der Waals surface area contributed by atoms with E-state index in [-0.39, 0.29) is 5.91 Å². The van der Waals surface area contributed by atoms with Crippen molar-refractivity contribution in [3.8, 4) is 0 Å². The van der Waals surface area contributed by atoms with Gasteiger partial charge >= 0.3 is 0 Å². The van der Waals surface area contributed by atoms with Gasteiger partial charge in [0.25, 0.3) is 11.7 Å². The van der Waals surface area contributed by atoms with Crippen molar-refractivity contribution >= 4 is 23.5 Å². The Bertz CT molecular complexity index is 569. The smallest absolute Gasteiger partial charge is 0.288 e. The van der Waals surface area contributed by atoms with Crippen LogP contribution in [0.1, 0.15) is 10.4 Å². The first-order chi connectivity index (χ1) is 9.04. The summed E-state index contributed by atoms with van der Waals surface area (Å²) >= 11 is 0.445. The highest BCUT2D eigenvalue weighted by molar-refractivity contribution is 7.99. The molecule has 0 aliphatic rings. The molecule has 4 nitrogen and oxygen atoms in total. The van der Waals surface area contributed by atoms with Crippen LogP contribution in [-0.4, -0.2) is 21.4 Å². The molecule has 0 saturated heterocycles. The first-order valence-corrected chi connectivity index (χ1v) is 6.28. The molecule has 1 N–H and O–H groups in total. The highest BCUT2D eigenvalue weighted by Gasteiger charge is 2.09. The number of carbonyl (C=O) groups is 1. The molecule has 1 heterocycles. The molecule has 7 heteroatoms.